The van der Waals surface area contributed by atoms with Gasteiger partial charge in [0.15, 0.2) is 0 Å². The Labute approximate surface area is 53.0 Å². The van der Waals surface area contributed by atoms with E-state index in [0.717, 1.165) is 0 Å². The lowest BCUT2D eigenvalue weighted by Gasteiger charge is -1.95. The van der Waals surface area contributed by atoms with Crippen LogP contribution in [0.3, 0.4) is 0 Å². The van der Waals surface area contributed by atoms with E-state index in [2.05, 4.69) is 0 Å². The van der Waals surface area contributed by atoms with Gasteiger partial charge < -0.3 is 5.11 Å². The van der Waals surface area contributed by atoms with E-state index in [9.17, 15) is 10.1 Å². The summed E-state index contributed by atoms with van der Waals surface area (Å²) in [6.45, 7) is 1.29. The second-order valence-electron chi connectivity index (χ2n) is 1.61. The highest BCUT2D eigenvalue weighted by Gasteiger charge is 2.04. The maximum absolute atomic E-state index is 9.70. The molecule has 52 valence electrons. The number of hydrogen-bond donors (Lipinski definition) is 1. The van der Waals surface area contributed by atoms with Crippen LogP contribution in [0.25, 0.3) is 0 Å². The van der Waals surface area contributed by atoms with Crippen LogP contribution in [-0.4, -0.2) is 22.7 Å². The molecule has 4 heteroatoms. The lowest BCUT2D eigenvalue weighted by molar-refractivity contribution is -0.487. The van der Waals surface area contributed by atoms with E-state index >= 15 is 0 Å². The molecule has 0 aliphatic heterocycles. The highest BCUT2D eigenvalue weighted by Crippen LogP contribution is 1.85. The summed E-state index contributed by atoms with van der Waals surface area (Å²) in [4.78, 5) is 9.15. The van der Waals surface area contributed by atoms with E-state index in [1.54, 1.807) is 13.0 Å². The van der Waals surface area contributed by atoms with Gasteiger partial charge in [0, 0.05) is 4.92 Å². The fourth-order valence-electron chi connectivity index (χ4n) is 0.436. The first kappa shape index (κ1) is 8.10. The Balaban J connectivity index is 3.50. The molecule has 1 unspecified atom stereocenters. The van der Waals surface area contributed by atoms with Crippen molar-refractivity contribution >= 4 is 0 Å². The van der Waals surface area contributed by atoms with Crippen LogP contribution in [-0.2, 0) is 0 Å². The second-order valence-corrected chi connectivity index (χ2v) is 1.61. The summed E-state index contributed by atoms with van der Waals surface area (Å²) in [5.41, 5.74) is 0. The largest absolute Gasteiger partial charge is 0.382 e. The first-order valence-corrected chi connectivity index (χ1v) is 2.59. The summed E-state index contributed by atoms with van der Waals surface area (Å²) >= 11 is 0. The SMILES string of the molecule is C/C=C/C(O)C[N+](=O)[O-]. The first-order valence-electron chi connectivity index (χ1n) is 2.59. The third-order valence-corrected chi connectivity index (χ3v) is 0.751. The lowest BCUT2D eigenvalue weighted by atomic mass is 10.3. The van der Waals surface area contributed by atoms with Crippen LogP contribution < -0.4 is 0 Å². The van der Waals surface area contributed by atoms with Crippen molar-refractivity contribution in [3.63, 3.8) is 0 Å². The molecule has 0 saturated carbocycles. The van der Waals surface area contributed by atoms with Gasteiger partial charge in [0.05, 0.1) is 0 Å². The normalized spacial score (nSPS) is 14.0. The predicted molar refractivity (Wildman–Crippen MR) is 32.7 cm³/mol. The summed E-state index contributed by atoms with van der Waals surface area (Å²) in [5.74, 6) is 0. The Morgan fingerprint density at radius 1 is 1.89 bits per heavy atom. The Kier molecular flexibility index (Phi) is 3.62. The highest BCUT2D eigenvalue weighted by atomic mass is 16.6. The third kappa shape index (κ3) is 4.96. The molecular formula is C5H9NO3. The molecule has 0 aromatic heterocycles. The highest BCUT2D eigenvalue weighted by molar-refractivity contribution is 4.84. The van der Waals surface area contributed by atoms with Gasteiger partial charge in [-0.05, 0) is 6.92 Å². The summed E-state index contributed by atoms with van der Waals surface area (Å²) in [7, 11) is 0. The Morgan fingerprint density at radius 3 is 2.78 bits per heavy atom. The number of nitrogens with zero attached hydrogens (tertiary/aromatic N) is 1. The number of nitro groups is 1. The van der Waals surface area contributed by atoms with Crippen LogP contribution in [0.5, 0.6) is 0 Å². The minimum absolute atomic E-state index is 0.412. The standard InChI is InChI=1S/C5H9NO3/c1-2-3-5(7)4-6(8)9/h2-3,5,7H,4H2,1H3/b3-2+. The monoisotopic (exact) mass is 131 g/mol. The van der Waals surface area contributed by atoms with Gasteiger partial charge in [0.25, 0.3) is 0 Å². The molecule has 4 nitrogen and oxygen atoms in total. The minimum Gasteiger partial charge on any atom is -0.382 e. The molecule has 0 spiro atoms. The number of rotatable bonds is 3. The van der Waals surface area contributed by atoms with E-state index in [4.69, 9.17) is 5.11 Å². The smallest absolute Gasteiger partial charge is 0.232 e. The maximum atomic E-state index is 9.70. The van der Waals surface area contributed by atoms with Crippen molar-refractivity contribution in [2.45, 2.75) is 13.0 Å². The summed E-state index contributed by atoms with van der Waals surface area (Å²) in [6.07, 6.45) is 2.02. The summed E-state index contributed by atoms with van der Waals surface area (Å²) < 4.78 is 0. The van der Waals surface area contributed by atoms with Gasteiger partial charge in [0.2, 0.25) is 6.54 Å². The van der Waals surface area contributed by atoms with Crippen LogP contribution in [0.4, 0.5) is 0 Å². The van der Waals surface area contributed by atoms with Crippen LogP contribution in [0.15, 0.2) is 12.2 Å². The Hall–Kier alpha value is -0.900. The van der Waals surface area contributed by atoms with E-state index in [1.807, 2.05) is 0 Å². The molecule has 0 rings (SSSR count). The van der Waals surface area contributed by atoms with Gasteiger partial charge in [-0.25, -0.2) is 0 Å². The van der Waals surface area contributed by atoms with Crippen LogP contribution in [0.1, 0.15) is 6.92 Å². The summed E-state index contributed by atoms with van der Waals surface area (Å²) in [6, 6.07) is 0. The van der Waals surface area contributed by atoms with E-state index < -0.39 is 17.6 Å². The van der Waals surface area contributed by atoms with Crippen molar-refractivity contribution in [2.24, 2.45) is 0 Å². The molecule has 0 saturated heterocycles. The molecule has 0 aliphatic carbocycles. The van der Waals surface area contributed by atoms with Gasteiger partial charge in [0.1, 0.15) is 6.10 Å². The predicted octanol–water partition coefficient (Wildman–Crippen LogP) is 0.200. The Morgan fingerprint density at radius 2 is 2.44 bits per heavy atom. The van der Waals surface area contributed by atoms with Crippen molar-refractivity contribution < 1.29 is 10.0 Å². The van der Waals surface area contributed by atoms with E-state index in [-0.39, 0.29) is 0 Å². The zero-order valence-electron chi connectivity index (χ0n) is 5.15. The topological polar surface area (TPSA) is 63.4 Å². The number of hydrogen-bond acceptors (Lipinski definition) is 3. The fourth-order valence-corrected chi connectivity index (χ4v) is 0.436. The van der Waals surface area contributed by atoms with Gasteiger partial charge in [-0.3, -0.25) is 10.1 Å². The molecule has 0 aliphatic rings. The molecule has 0 heterocycles. The van der Waals surface area contributed by atoms with Crippen molar-refractivity contribution in [3.8, 4) is 0 Å². The zero-order chi connectivity index (χ0) is 7.28. The van der Waals surface area contributed by atoms with Gasteiger partial charge in [-0.1, -0.05) is 12.2 Å². The first-order chi connectivity index (χ1) is 4.16. The van der Waals surface area contributed by atoms with Crippen molar-refractivity contribution in [1.29, 1.82) is 0 Å². The number of aliphatic hydroxyl groups is 1. The molecule has 0 aromatic rings. The molecule has 9 heavy (non-hydrogen) atoms. The van der Waals surface area contributed by atoms with Crippen LogP contribution in [0, 0.1) is 10.1 Å². The molecule has 0 amide bonds. The van der Waals surface area contributed by atoms with Crippen molar-refractivity contribution in [2.75, 3.05) is 6.54 Å². The summed E-state index contributed by atoms with van der Waals surface area (Å²) in [5, 5.41) is 18.4. The van der Waals surface area contributed by atoms with E-state index in [0.29, 0.717) is 0 Å². The van der Waals surface area contributed by atoms with Crippen LogP contribution >= 0.6 is 0 Å². The number of aliphatic hydroxyl groups excluding tert-OH is 1. The van der Waals surface area contributed by atoms with Gasteiger partial charge in [-0.15, -0.1) is 0 Å². The molecular weight excluding hydrogens is 122 g/mol. The lowest BCUT2D eigenvalue weighted by Crippen LogP contribution is -2.16. The third-order valence-electron chi connectivity index (χ3n) is 0.751. The fraction of sp³-hybridized carbons (Fsp3) is 0.600. The van der Waals surface area contributed by atoms with Gasteiger partial charge >= 0.3 is 0 Å². The average Bonchev–Trinajstić information content (AvgIpc) is 1.63. The zero-order valence-corrected chi connectivity index (χ0v) is 5.15. The second kappa shape index (κ2) is 4.03. The van der Waals surface area contributed by atoms with Crippen LogP contribution in [0.2, 0.25) is 0 Å². The molecule has 1 N–H and O–H groups in total. The van der Waals surface area contributed by atoms with Crippen molar-refractivity contribution in [3.05, 3.63) is 22.3 Å². The quantitative estimate of drug-likeness (QED) is 0.338. The molecule has 0 aromatic carbocycles. The van der Waals surface area contributed by atoms with Crippen molar-refractivity contribution in [1.82, 2.24) is 0 Å². The van der Waals surface area contributed by atoms with E-state index in [1.165, 1.54) is 6.08 Å². The number of allylic oxidation sites excluding steroid dienone is 1. The Bertz CT molecular complexity index is 121. The molecule has 0 radical (unpaired) electrons. The average molecular weight is 131 g/mol. The molecule has 0 bridgehead atoms. The van der Waals surface area contributed by atoms with Gasteiger partial charge in [-0.2, -0.15) is 0 Å². The molecule has 1 atom stereocenters. The minimum atomic E-state index is -0.940. The maximum Gasteiger partial charge on any atom is 0.232 e. The molecule has 0 fully saturated rings.